The number of thiazole rings is 1. The minimum atomic E-state index is -3.72. The molecule has 10 heteroatoms. The van der Waals surface area contributed by atoms with Gasteiger partial charge in [0, 0.05) is 11.8 Å². The molecule has 0 spiro atoms. The van der Waals surface area contributed by atoms with Gasteiger partial charge in [-0.3, -0.25) is 14.5 Å². The number of amides is 1. The Morgan fingerprint density at radius 2 is 1.93 bits per heavy atom. The maximum Gasteiger partial charge on any atom is 0.261 e. The van der Waals surface area contributed by atoms with Crippen molar-refractivity contribution in [1.82, 2.24) is 9.97 Å². The van der Waals surface area contributed by atoms with Crippen LogP contribution in [0.15, 0.2) is 53.7 Å². The van der Waals surface area contributed by atoms with E-state index in [1.54, 1.807) is 44.3 Å². The van der Waals surface area contributed by atoms with E-state index >= 15 is 0 Å². The van der Waals surface area contributed by atoms with E-state index < -0.39 is 16.1 Å². The van der Waals surface area contributed by atoms with E-state index in [0.717, 1.165) is 4.88 Å². The summed E-state index contributed by atoms with van der Waals surface area (Å²) in [6.45, 7) is 3.39. The molecule has 0 unspecified atom stereocenters. The molecule has 28 heavy (non-hydrogen) atoms. The highest BCUT2D eigenvalue weighted by atomic mass is 32.2. The van der Waals surface area contributed by atoms with Gasteiger partial charge in [-0.1, -0.05) is 29.5 Å². The van der Waals surface area contributed by atoms with Gasteiger partial charge in [0.15, 0.2) is 5.13 Å². The molecule has 1 aromatic carbocycles. The molecule has 0 bridgehead atoms. The van der Waals surface area contributed by atoms with Gasteiger partial charge in [0.2, 0.25) is 5.91 Å². The Balaban J connectivity index is 1.86. The number of rotatable bonds is 6. The molecule has 0 saturated heterocycles. The summed E-state index contributed by atoms with van der Waals surface area (Å²) in [6.07, 6.45) is 3.04. The normalized spacial score (nSPS) is 12.4. The molecule has 146 valence electrons. The molecule has 0 aliphatic heterocycles. The SMILES string of the molecule is Cc1nc(NC(=O)[C@H](C)N)sc1-c1cncc(NS(=O)(=O)c2ccccc2)c1. The number of carbonyl (C=O) groups is 1. The molecule has 8 nitrogen and oxygen atoms in total. The van der Waals surface area contributed by atoms with E-state index in [4.69, 9.17) is 5.73 Å². The molecule has 3 aromatic rings. The van der Waals surface area contributed by atoms with Crippen molar-refractivity contribution >= 4 is 38.1 Å². The fourth-order valence-corrected chi connectivity index (χ4v) is 4.38. The molecule has 0 radical (unpaired) electrons. The van der Waals surface area contributed by atoms with Crippen molar-refractivity contribution in [3.8, 4) is 10.4 Å². The minimum absolute atomic E-state index is 0.162. The van der Waals surface area contributed by atoms with Gasteiger partial charge in [-0.25, -0.2) is 13.4 Å². The summed E-state index contributed by atoms with van der Waals surface area (Å²) in [4.78, 5) is 21.1. The number of nitrogens with zero attached hydrogens (tertiary/aromatic N) is 2. The van der Waals surface area contributed by atoms with Crippen molar-refractivity contribution in [3.05, 3.63) is 54.5 Å². The zero-order valence-electron chi connectivity index (χ0n) is 15.2. The summed E-state index contributed by atoms with van der Waals surface area (Å²) in [5.74, 6) is -0.331. The molecule has 2 heterocycles. The predicted octanol–water partition coefficient (Wildman–Crippen LogP) is 2.60. The zero-order valence-corrected chi connectivity index (χ0v) is 16.8. The van der Waals surface area contributed by atoms with Crippen molar-refractivity contribution < 1.29 is 13.2 Å². The number of aryl methyl sites for hydroxylation is 1. The van der Waals surface area contributed by atoms with Crippen LogP contribution in [0.3, 0.4) is 0 Å². The van der Waals surface area contributed by atoms with Crippen molar-refractivity contribution in [3.63, 3.8) is 0 Å². The number of nitrogens with two attached hydrogens (primary N) is 1. The Kier molecular flexibility index (Phi) is 5.73. The maximum absolute atomic E-state index is 12.5. The Labute approximate surface area is 166 Å². The van der Waals surface area contributed by atoms with E-state index in [1.807, 2.05) is 0 Å². The largest absolute Gasteiger partial charge is 0.320 e. The number of hydrogen-bond donors (Lipinski definition) is 3. The van der Waals surface area contributed by atoms with Crippen LogP contribution in [-0.2, 0) is 14.8 Å². The van der Waals surface area contributed by atoms with E-state index in [2.05, 4.69) is 20.0 Å². The molecular weight excluding hydrogens is 398 g/mol. The lowest BCUT2D eigenvalue weighted by atomic mass is 10.2. The van der Waals surface area contributed by atoms with Gasteiger partial charge in [-0.2, -0.15) is 0 Å². The van der Waals surface area contributed by atoms with Crippen molar-refractivity contribution in [2.45, 2.75) is 24.8 Å². The third-order valence-corrected chi connectivity index (χ3v) is 6.27. The highest BCUT2D eigenvalue weighted by Gasteiger charge is 2.17. The number of sulfonamides is 1. The van der Waals surface area contributed by atoms with Crippen LogP contribution in [0.1, 0.15) is 12.6 Å². The molecule has 0 aliphatic carbocycles. The highest BCUT2D eigenvalue weighted by molar-refractivity contribution is 7.92. The number of anilines is 2. The minimum Gasteiger partial charge on any atom is -0.320 e. The van der Waals surface area contributed by atoms with Gasteiger partial charge < -0.3 is 11.1 Å². The number of nitrogens with one attached hydrogen (secondary N) is 2. The molecule has 2 aromatic heterocycles. The molecule has 0 aliphatic rings. The number of hydrogen-bond acceptors (Lipinski definition) is 7. The van der Waals surface area contributed by atoms with Gasteiger partial charge in [0.05, 0.1) is 33.4 Å². The van der Waals surface area contributed by atoms with Crippen LogP contribution in [0.5, 0.6) is 0 Å². The van der Waals surface area contributed by atoms with Crippen LogP contribution >= 0.6 is 11.3 Å². The third kappa shape index (κ3) is 4.53. The van der Waals surface area contributed by atoms with Crippen LogP contribution in [0, 0.1) is 6.92 Å². The maximum atomic E-state index is 12.5. The molecule has 0 saturated carbocycles. The van der Waals surface area contributed by atoms with E-state index in [0.29, 0.717) is 22.1 Å². The first-order valence-electron chi connectivity index (χ1n) is 8.33. The second-order valence-corrected chi connectivity index (χ2v) is 8.77. The average Bonchev–Trinajstić information content (AvgIpc) is 3.02. The highest BCUT2D eigenvalue weighted by Crippen LogP contribution is 2.33. The van der Waals surface area contributed by atoms with E-state index in [-0.39, 0.29) is 10.8 Å². The van der Waals surface area contributed by atoms with Gasteiger partial charge in [-0.05, 0) is 32.0 Å². The number of benzene rings is 1. The molecule has 0 fully saturated rings. The summed E-state index contributed by atoms with van der Waals surface area (Å²) >= 11 is 1.27. The van der Waals surface area contributed by atoms with E-state index in [1.165, 1.54) is 29.7 Å². The monoisotopic (exact) mass is 417 g/mol. The van der Waals surface area contributed by atoms with Gasteiger partial charge >= 0.3 is 0 Å². The fourth-order valence-electron chi connectivity index (χ4n) is 2.37. The first kappa shape index (κ1) is 19.9. The summed E-state index contributed by atoms with van der Waals surface area (Å²) in [5, 5.41) is 3.08. The summed E-state index contributed by atoms with van der Waals surface area (Å²) in [5.41, 5.74) is 7.26. The standard InChI is InChI=1S/C18H19N5O3S2/c1-11(19)17(24)22-18-21-12(2)16(27-18)13-8-14(10-20-9-13)23-28(25,26)15-6-4-3-5-7-15/h3-11,23H,19H2,1-2H3,(H,21,22,24)/t11-/m0/s1. The third-order valence-electron chi connectivity index (χ3n) is 3.75. The smallest absolute Gasteiger partial charge is 0.261 e. The summed E-state index contributed by atoms with van der Waals surface area (Å²) in [7, 11) is -3.72. The van der Waals surface area contributed by atoms with E-state index in [9.17, 15) is 13.2 Å². The Morgan fingerprint density at radius 3 is 2.61 bits per heavy atom. The summed E-state index contributed by atoms with van der Waals surface area (Å²) in [6, 6.07) is 9.11. The van der Waals surface area contributed by atoms with Gasteiger partial charge in [0.1, 0.15) is 0 Å². The number of carbonyl (C=O) groups excluding carboxylic acids is 1. The lowest BCUT2D eigenvalue weighted by molar-refractivity contribution is -0.117. The molecule has 4 N–H and O–H groups in total. The Bertz CT molecular complexity index is 1100. The fraction of sp³-hybridized carbons (Fsp3) is 0.167. The predicted molar refractivity (Wildman–Crippen MR) is 110 cm³/mol. The second-order valence-electron chi connectivity index (χ2n) is 6.09. The molecule has 3 rings (SSSR count). The van der Waals surface area contributed by atoms with Crippen molar-refractivity contribution in [2.75, 3.05) is 10.0 Å². The zero-order chi connectivity index (χ0) is 20.3. The first-order valence-corrected chi connectivity index (χ1v) is 10.6. The number of aromatic nitrogens is 2. The van der Waals surface area contributed by atoms with Crippen molar-refractivity contribution in [1.29, 1.82) is 0 Å². The lowest BCUT2D eigenvalue weighted by Crippen LogP contribution is -2.32. The quantitative estimate of drug-likeness (QED) is 0.566. The average molecular weight is 418 g/mol. The van der Waals surface area contributed by atoms with Crippen LogP contribution in [-0.4, -0.2) is 30.3 Å². The van der Waals surface area contributed by atoms with Gasteiger partial charge in [-0.15, -0.1) is 0 Å². The van der Waals surface area contributed by atoms with Crippen LogP contribution in [0.2, 0.25) is 0 Å². The lowest BCUT2D eigenvalue weighted by Gasteiger charge is -2.08. The van der Waals surface area contributed by atoms with Crippen LogP contribution in [0.4, 0.5) is 10.8 Å². The molecular formula is C18H19N5O3S2. The van der Waals surface area contributed by atoms with Crippen LogP contribution in [0.25, 0.3) is 10.4 Å². The van der Waals surface area contributed by atoms with Crippen LogP contribution < -0.4 is 15.8 Å². The Hall–Kier alpha value is -2.82. The van der Waals surface area contributed by atoms with Gasteiger partial charge in [0.25, 0.3) is 10.0 Å². The molecule has 1 amide bonds. The Morgan fingerprint density at radius 1 is 1.21 bits per heavy atom. The topological polar surface area (TPSA) is 127 Å². The number of pyridine rings is 1. The first-order chi connectivity index (χ1) is 13.3. The van der Waals surface area contributed by atoms with Crippen molar-refractivity contribution in [2.24, 2.45) is 5.73 Å². The summed E-state index contributed by atoms with van der Waals surface area (Å²) < 4.78 is 27.5. The second kappa shape index (κ2) is 8.05. The molecule has 1 atom stereocenters.